The van der Waals surface area contributed by atoms with Gasteiger partial charge in [0, 0.05) is 6.54 Å². The molecule has 1 aromatic carbocycles. The molecule has 0 saturated carbocycles. The van der Waals surface area contributed by atoms with E-state index in [0.29, 0.717) is 22.0 Å². The van der Waals surface area contributed by atoms with Gasteiger partial charge < -0.3 is 14.0 Å². The smallest absolute Gasteiger partial charge is 0.266 e. The van der Waals surface area contributed by atoms with Gasteiger partial charge in [-0.3, -0.25) is 9.69 Å². The van der Waals surface area contributed by atoms with Gasteiger partial charge in [-0.1, -0.05) is 30.0 Å². The van der Waals surface area contributed by atoms with Gasteiger partial charge in [0.2, 0.25) is 0 Å². The number of amides is 1. The molecule has 1 fully saturated rings. The van der Waals surface area contributed by atoms with E-state index in [1.165, 1.54) is 14.2 Å². The number of rotatable bonds is 6. The average molecular weight is 388 g/mol. The van der Waals surface area contributed by atoms with Crippen molar-refractivity contribution in [3.8, 4) is 11.5 Å². The Morgan fingerprint density at radius 3 is 2.54 bits per heavy atom. The van der Waals surface area contributed by atoms with Gasteiger partial charge in [-0.05, 0) is 23.8 Å². The van der Waals surface area contributed by atoms with Crippen LogP contribution in [0.25, 0.3) is 6.08 Å². The Kier molecular flexibility index (Phi) is 5.86. The molecule has 1 aliphatic rings. The molecule has 7 nitrogen and oxygen atoms in total. The van der Waals surface area contributed by atoms with Gasteiger partial charge in [0.15, 0.2) is 11.5 Å². The molecule has 130 valence electrons. The number of methoxy groups -OCH3 is 2. The van der Waals surface area contributed by atoms with E-state index < -0.39 is 21.8 Å². The summed E-state index contributed by atoms with van der Waals surface area (Å²) in [5.41, 5.74) is 0.699. The fourth-order valence-electron chi connectivity index (χ4n) is 1.99. The van der Waals surface area contributed by atoms with Crippen molar-refractivity contribution < 1.29 is 27.2 Å². The minimum absolute atomic E-state index is 0.218. The Bertz CT molecular complexity index is 803. The van der Waals surface area contributed by atoms with Crippen LogP contribution in [0.15, 0.2) is 23.1 Å². The van der Waals surface area contributed by atoms with Crippen molar-refractivity contribution >= 4 is 50.4 Å². The molecular weight excluding hydrogens is 374 g/mol. The lowest BCUT2D eigenvalue weighted by molar-refractivity contribution is -0.121. The van der Waals surface area contributed by atoms with Gasteiger partial charge in [-0.25, -0.2) is 8.42 Å². The highest BCUT2D eigenvalue weighted by molar-refractivity contribution is 8.26. The number of ether oxygens (including phenoxy) is 2. The van der Waals surface area contributed by atoms with E-state index in [4.69, 9.17) is 21.7 Å². The number of benzene rings is 1. The number of thiocarbonyl (C=S) groups is 1. The molecule has 1 aromatic rings. The van der Waals surface area contributed by atoms with Crippen LogP contribution in [0.4, 0.5) is 0 Å². The second kappa shape index (κ2) is 7.51. The molecule has 0 aliphatic carbocycles. The highest BCUT2D eigenvalue weighted by Gasteiger charge is 2.32. The highest BCUT2D eigenvalue weighted by Crippen LogP contribution is 2.34. The first kappa shape index (κ1) is 18.7. The second-order valence-corrected chi connectivity index (χ2v) is 7.91. The Labute approximate surface area is 149 Å². The highest BCUT2D eigenvalue weighted by atomic mass is 32.2. The van der Waals surface area contributed by atoms with Crippen molar-refractivity contribution in [3.05, 3.63) is 28.7 Å². The van der Waals surface area contributed by atoms with E-state index in [1.807, 2.05) is 0 Å². The maximum absolute atomic E-state index is 12.3. The van der Waals surface area contributed by atoms with Crippen LogP contribution in [0, 0.1) is 0 Å². The number of carbonyl (C=O) groups is 1. The summed E-state index contributed by atoms with van der Waals surface area (Å²) in [6.07, 6.45) is 1.62. The summed E-state index contributed by atoms with van der Waals surface area (Å²) in [5, 5.41) is 0. The lowest BCUT2D eigenvalue weighted by Crippen LogP contribution is -2.32. The molecule has 0 atom stereocenters. The zero-order valence-corrected chi connectivity index (χ0v) is 15.3. The van der Waals surface area contributed by atoms with E-state index in [9.17, 15) is 17.8 Å². The standard InChI is InChI=1S/C14H15NO6S3/c1-20-10-4-3-9(7-11(10)21-2)8-12-13(16)15(14(22)23-12)5-6-24(17,18)19/h3-4,7-8H,5-6H2,1-2H3,(H,17,18,19)/p-1/b12-8-. The third-order valence-corrected chi connectivity index (χ3v) is 5.20. The topological polar surface area (TPSA) is 96.0 Å². The normalized spacial score (nSPS) is 16.8. The molecule has 2 rings (SSSR count). The van der Waals surface area contributed by atoms with Gasteiger partial charge in [0.1, 0.15) is 4.32 Å². The van der Waals surface area contributed by atoms with Crippen molar-refractivity contribution in [3.63, 3.8) is 0 Å². The number of nitrogens with zero attached hydrogens (tertiary/aromatic N) is 1. The van der Waals surface area contributed by atoms with Crippen LogP contribution in [-0.4, -0.2) is 54.6 Å². The third-order valence-electron chi connectivity index (χ3n) is 3.14. The fraction of sp³-hybridized carbons (Fsp3) is 0.286. The molecular formula is C14H14NO6S3-. The predicted molar refractivity (Wildman–Crippen MR) is 94.0 cm³/mol. The molecule has 0 N–H and O–H groups in total. The minimum Gasteiger partial charge on any atom is -0.748 e. The van der Waals surface area contributed by atoms with E-state index in [1.54, 1.807) is 24.3 Å². The maximum Gasteiger partial charge on any atom is 0.266 e. The van der Waals surface area contributed by atoms with Crippen LogP contribution < -0.4 is 9.47 Å². The summed E-state index contributed by atoms with van der Waals surface area (Å²) < 4.78 is 42.7. The van der Waals surface area contributed by atoms with Crippen molar-refractivity contribution in [1.29, 1.82) is 0 Å². The Morgan fingerprint density at radius 1 is 1.29 bits per heavy atom. The van der Waals surface area contributed by atoms with E-state index >= 15 is 0 Å². The molecule has 24 heavy (non-hydrogen) atoms. The zero-order valence-electron chi connectivity index (χ0n) is 12.8. The quantitative estimate of drug-likeness (QED) is 0.410. The van der Waals surface area contributed by atoms with Crippen LogP contribution in [0.5, 0.6) is 11.5 Å². The minimum atomic E-state index is -4.41. The lowest BCUT2D eigenvalue weighted by atomic mass is 10.2. The molecule has 0 aromatic heterocycles. The third kappa shape index (κ3) is 4.47. The molecule has 0 radical (unpaired) electrons. The van der Waals surface area contributed by atoms with Crippen molar-refractivity contribution in [1.82, 2.24) is 4.90 Å². The number of thioether (sulfide) groups is 1. The molecule has 1 saturated heterocycles. The summed E-state index contributed by atoms with van der Waals surface area (Å²) in [4.78, 5) is 13.8. The van der Waals surface area contributed by atoms with Crippen LogP contribution in [0.2, 0.25) is 0 Å². The maximum atomic E-state index is 12.3. The Hall–Kier alpha value is -1.62. The SMILES string of the molecule is COc1ccc(/C=C2\SC(=S)N(CCS(=O)(=O)[O-])C2=O)cc1OC. The Balaban J connectivity index is 2.22. The Morgan fingerprint density at radius 2 is 1.96 bits per heavy atom. The van der Waals surface area contributed by atoms with Gasteiger partial charge in [0.25, 0.3) is 5.91 Å². The molecule has 0 bridgehead atoms. The monoisotopic (exact) mass is 388 g/mol. The lowest BCUT2D eigenvalue weighted by Gasteiger charge is -2.15. The molecule has 1 amide bonds. The average Bonchev–Trinajstić information content (AvgIpc) is 2.78. The van der Waals surface area contributed by atoms with Crippen LogP contribution in [-0.2, 0) is 14.9 Å². The summed E-state index contributed by atoms with van der Waals surface area (Å²) in [6.45, 7) is -0.250. The van der Waals surface area contributed by atoms with Crippen molar-refractivity contribution in [2.45, 2.75) is 0 Å². The van der Waals surface area contributed by atoms with Gasteiger partial charge in [-0.2, -0.15) is 0 Å². The van der Waals surface area contributed by atoms with Crippen molar-refractivity contribution in [2.24, 2.45) is 0 Å². The first-order chi connectivity index (χ1) is 11.2. The predicted octanol–water partition coefficient (Wildman–Crippen LogP) is 1.45. The molecule has 1 heterocycles. The zero-order chi connectivity index (χ0) is 17.9. The first-order valence-corrected chi connectivity index (χ1v) is 9.46. The summed E-state index contributed by atoms with van der Waals surface area (Å²) >= 11 is 6.12. The van der Waals surface area contributed by atoms with Gasteiger partial charge in [-0.15, -0.1) is 0 Å². The number of hydrogen-bond donors (Lipinski definition) is 0. The number of carbonyl (C=O) groups excluding carboxylic acids is 1. The second-order valence-electron chi connectivity index (χ2n) is 4.71. The van der Waals surface area contributed by atoms with E-state index in [0.717, 1.165) is 16.7 Å². The van der Waals surface area contributed by atoms with Gasteiger partial charge >= 0.3 is 0 Å². The molecule has 10 heteroatoms. The van der Waals surface area contributed by atoms with Crippen LogP contribution in [0.3, 0.4) is 0 Å². The largest absolute Gasteiger partial charge is 0.748 e. The molecule has 1 aliphatic heterocycles. The van der Waals surface area contributed by atoms with Crippen molar-refractivity contribution in [2.75, 3.05) is 26.5 Å². The van der Waals surface area contributed by atoms with Crippen LogP contribution >= 0.6 is 24.0 Å². The first-order valence-electron chi connectivity index (χ1n) is 6.66. The molecule has 0 unspecified atom stereocenters. The number of hydrogen-bond acceptors (Lipinski definition) is 8. The summed E-state index contributed by atoms with van der Waals surface area (Å²) in [6, 6.07) is 5.15. The summed E-state index contributed by atoms with van der Waals surface area (Å²) in [5.74, 6) is -0.0336. The molecule has 0 spiro atoms. The van der Waals surface area contributed by atoms with E-state index in [-0.39, 0.29) is 10.9 Å². The fourth-order valence-corrected chi connectivity index (χ4v) is 3.70. The van der Waals surface area contributed by atoms with Gasteiger partial charge in [0.05, 0.1) is 35.0 Å². The van der Waals surface area contributed by atoms with E-state index in [2.05, 4.69) is 0 Å². The summed E-state index contributed by atoms with van der Waals surface area (Å²) in [7, 11) is -1.39. The van der Waals surface area contributed by atoms with Crippen LogP contribution in [0.1, 0.15) is 5.56 Å².